The lowest BCUT2D eigenvalue weighted by molar-refractivity contribution is 0.0431. The van der Waals surface area contributed by atoms with Crippen LogP contribution in [0.2, 0.25) is 0 Å². The molecule has 168 valence electrons. The highest BCUT2D eigenvalue weighted by atomic mass is 19.1. The van der Waals surface area contributed by atoms with Gasteiger partial charge in [-0.25, -0.2) is 14.4 Å². The molecule has 0 amide bonds. The highest BCUT2D eigenvalue weighted by Gasteiger charge is 2.48. The van der Waals surface area contributed by atoms with Crippen molar-refractivity contribution in [2.75, 3.05) is 36.0 Å². The van der Waals surface area contributed by atoms with E-state index in [-0.39, 0.29) is 11.9 Å². The molecule has 3 aromatic rings. The molecule has 8 nitrogen and oxygen atoms in total. The zero-order chi connectivity index (χ0) is 21.9. The molecule has 1 aromatic carbocycles. The first kappa shape index (κ1) is 19.7. The number of aromatic amines is 1. The van der Waals surface area contributed by atoms with E-state index in [2.05, 4.69) is 20.0 Å². The maximum atomic E-state index is 13.7. The van der Waals surface area contributed by atoms with Crippen molar-refractivity contribution in [1.82, 2.24) is 20.2 Å². The zero-order valence-electron chi connectivity index (χ0n) is 18.3. The van der Waals surface area contributed by atoms with E-state index in [1.165, 1.54) is 31.4 Å². The van der Waals surface area contributed by atoms with Crippen LogP contribution in [0.15, 0.2) is 18.2 Å². The van der Waals surface area contributed by atoms with Crippen molar-refractivity contribution in [2.45, 2.75) is 50.7 Å². The van der Waals surface area contributed by atoms with Crippen molar-refractivity contribution in [2.24, 2.45) is 5.73 Å². The summed E-state index contributed by atoms with van der Waals surface area (Å²) in [5.74, 6) is 2.21. The highest BCUT2D eigenvalue weighted by Crippen LogP contribution is 2.47. The number of anilines is 2. The van der Waals surface area contributed by atoms with Crippen LogP contribution in [-0.4, -0.2) is 51.9 Å². The molecule has 0 aliphatic carbocycles. The van der Waals surface area contributed by atoms with Crippen molar-refractivity contribution in [1.29, 1.82) is 0 Å². The molecule has 5 heterocycles. The number of fused-ring (bicyclic) bond motifs is 2. The lowest BCUT2D eigenvalue weighted by Crippen LogP contribution is -2.51. The Morgan fingerprint density at radius 1 is 1.06 bits per heavy atom. The predicted molar refractivity (Wildman–Crippen MR) is 121 cm³/mol. The number of nitrogens with one attached hydrogen (secondary N) is 1. The van der Waals surface area contributed by atoms with Crippen molar-refractivity contribution < 1.29 is 9.13 Å². The number of nitrogens with two attached hydrogens (primary N) is 1. The van der Waals surface area contributed by atoms with E-state index >= 15 is 0 Å². The Kier molecular flexibility index (Phi) is 4.50. The second kappa shape index (κ2) is 7.30. The molecule has 3 aliphatic heterocycles. The van der Waals surface area contributed by atoms with Gasteiger partial charge in [0.1, 0.15) is 17.2 Å². The molecule has 2 aromatic heterocycles. The number of nitrogens with zero attached hydrogens (tertiary/aromatic N) is 5. The van der Waals surface area contributed by atoms with Crippen LogP contribution in [0.3, 0.4) is 0 Å². The number of halogens is 1. The molecule has 9 heteroatoms. The van der Waals surface area contributed by atoms with Crippen LogP contribution in [-0.2, 0) is 0 Å². The zero-order valence-corrected chi connectivity index (χ0v) is 18.3. The number of hydrogen-bond acceptors (Lipinski definition) is 7. The molecular formula is C23H28FN7O. The number of aryl methyl sites for hydroxylation is 1. The van der Waals surface area contributed by atoms with Crippen LogP contribution >= 0.6 is 0 Å². The van der Waals surface area contributed by atoms with Crippen LogP contribution in [0.25, 0.3) is 11.2 Å². The molecule has 32 heavy (non-hydrogen) atoms. The Bertz CT molecular complexity index is 1160. The van der Waals surface area contributed by atoms with Crippen LogP contribution in [0.5, 0.6) is 5.75 Å². The number of rotatable bonds is 2. The van der Waals surface area contributed by atoms with Crippen molar-refractivity contribution in [3.63, 3.8) is 0 Å². The fraction of sp³-hybridized carbons (Fsp3) is 0.522. The largest absolute Gasteiger partial charge is 0.485 e. The van der Waals surface area contributed by atoms with Gasteiger partial charge in [-0.1, -0.05) is 0 Å². The van der Waals surface area contributed by atoms with E-state index in [1.54, 1.807) is 6.07 Å². The van der Waals surface area contributed by atoms with E-state index in [0.29, 0.717) is 5.75 Å². The minimum atomic E-state index is -0.493. The second-order valence-electron chi connectivity index (χ2n) is 9.24. The molecule has 0 bridgehead atoms. The topological polar surface area (TPSA) is 96.2 Å². The minimum absolute atomic E-state index is 0.278. The number of hydrogen-bond donors (Lipinski definition) is 2. The Hall–Kier alpha value is -2.94. The summed E-state index contributed by atoms with van der Waals surface area (Å²) in [7, 11) is 0. The molecule has 2 fully saturated rings. The molecule has 6 rings (SSSR count). The Morgan fingerprint density at radius 3 is 2.59 bits per heavy atom. The summed E-state index contributed by atoms with van der Waals surface area (Å²) in [6.45, 7) is 5.54. The average molecular weight is 438 g/mol. The van der Waals surface area contributed by atoms with Gasteiger partial charge in [0.2, 0.25) is 0 Å². The molecular weight excluding hydrogens is 409 g/mol. The quantitative estimate of drug-likeness (QED) is 0.635. The molecule has 0 radical (unpaired) electrons. The van der Waals surface area contributed by atoms with Gasteiger partial charge in [-0.2, -0.15) is 5.10 Å². The third kappa shape index (κ3) is 3.02. The summed E-state index contributed by atoms with van der Waals surface area (Å²) in [6.07, 6.45) is 5.14. The van der Waals surface area contributed by atoms with E-state index in [9.17, 15) is 4.39 Å². The third-order valence-electron chi connectivity index (χ3n) is 7.28. The van der Waals surface area contributed by atoms with Gasteiger partial charge >= 0.3 is 0 Å². The standard InChI is InChI=1S/C23H28FN7O/c1-14-21(27-20-18(26-14)22(29-28-20)30-9-3-2-4-10-30)31-11-7-23(8-12-31)19(25)16-13-15(24)5-6-17(16)32-23/h5-6,13,19H,2-4,7-12,25H2,1H3,(H,27,28,29)/t19-/m1/s1. The summed E-state index contributed by atoms with van der Waals surface area (Å²) < 4.78 is 20.0. The Balaban J connectivity index is 1.23. The van der Waals surface area contributed by atoms with E-state index < -0.39 is 5.60 Å². The normalized spacial score (nSPS) is 22.4. The Labute approximate surface area is 186 Å². The van der Waals surface area contributed by atoms with Crippen molar-refractivity contribution in [3.8, 4) is 5.75 Å². The number of aromatic nitrogens is 4. The first-order valence-electron chi connectivity index (χ1n) is 11.5. The first-order valence-corrected chi connectivity index (χ1v) is 11.5. The maximum absolute atomic E-state index is 13.7. The fourth-order valence-corrected chi connectivity index (χ4v) is 5.46. The number of H-pyrrole nitrogens is 1. The summed E-state index contributed by atoms with van der Waals surface area (Å²) >= 11 is 0. The van der Waals surface area contributed by atoms with Crippen LogP contribution in [0, 0.1) is 12.7 Å². The van der Waals surface area contributed by atoms with Gasteiger partial charge in [0.05, 0.1) is 11.7 Å². The van der Waals surface area contributed by atoms with Gasteiger partial charge in [-0.05, 0) is 44.4 Å². The first-order chi connectivity index (χ1) is 15.5. The number of benzene rings is 1. The van der Waals surface area contributed by atoms with Crippen LogP contribution < -0.4 is 20.3 Å². The second-order valence-corrected chi connectivity index (χ2v) is 9.24. The van der Waals surface area contributed by atoms with Gasteiger partial charge in [-0.15, -0.1) is 0 Å². The molecule has 2 saturated heterocycles. The predicted octanol–water partition coefficient (Wildman–Crippen LogP) is 3.22. The molecule has 1 atom stereocenters. The smallest absolute Gasteiger partial charge is 0.178 e. The van der Waals surface area contributed by atoms with Gasteiger partial charge in [0.15, 0.2) is 22.8 Å². The lowest BCUT2D eigenvalue weighted by Gasteiger charge is -2.41. The number of piperidine rings is 2. The van der Waals surface area contributed by atoms with Crippen molar-refractivity contribution in [3.05, 3.63) is 35.3 Å². The van der Waals surface area contributed by atoms with Crippen molar-refractivity contribution >= 4 is 22.8 Å². The summed E-state index contributed by atoms with van der Waals surface area (Å²) in [6, 6.07) is 4.29. The average Bonchev–Trinajstić information content (AvgIpc) is 3.33. The SMILES string of the molecule is Cc1nc2c(N3CCCCC3)n[nH]c2nc1N1CCC2(CC1)Oc1ccc(F)cc1[C@H]2N. The fourth-order valence-electron chi connectivity index (χ4n) is 5.46. The van der Waals surface area contributed by atoms with Crippen LogP contribution in [0.4, 0.5) is 16.0 Å². The van der Waals surface area contributed by atoms with E-state index in [1.807, 2.05) is 6.92 Å². The minimum Gasteiger partial charge on any atom is -0.485 e. The van der Waals surface area contributed by atoms with E-state index in [4.69, 9.17) is 20.4 Å². The van der Waals surface area contributed by atoms with Crippen LogP contribution in [0.1, 0.15) is 49.4 Å². The molecule has 1 spiro atoms. The molecule has 3 N–H and O–H groups in total. The lowest BCUT2D eigenvalue weighted by atomic mass is 9.83. The van der Waals surface area contributed by atoms with Gasteiger partial charge < -0.3 is 20.3 Å². The maximum Gasteiger partial charge on any atom is 0.178 e. The van der Waals surface area contributed by atoms with Gasteiger partial charge in [0, 0.05) is 44.6 Å². The highest BCUT2D eigenvalue weighted by molar-refractivity contribution is 5.85. The molecule has 0 saturated carbocycles. The third-order valence-corrected chi connectivity index (χ3v) is 7.28. The van der Waals surface area contributed by atoms with Gasteiger partial charge in [0.25, 0.3) is 0 Å². The molecule has 3 aliphatic rings. The monoisotopic (exact) mass is 437 g/mol. The summed E-state index contributed by atoms with van der Waals surface area (Å²) in [4.78, 5) is 14.3. The summed E-state index contributed by atoms with van der Waals surface area (Å²) in [5, 5.41) is 7.63. The van der Waals surface area contributed by atoms with Gasteiger partial charge in [-0.3, -0.25) is 5.10 Å². The summed E-state index contributed by atoms with van der Waals surface area (Å²) in [5.41, 5.74) is 9.27. The molecule has 0 unspecified atom stereocenters. The number of ether oxygens (including phenoxy) is 1. The van der Waals surface area contributed by atoms with E-state index in [0.717, 1.165) is 73.1 Å². The Morgan fingerprint density at radius 2 is 1.81 bits per heavy atom.